The Labute approximate surface area is 153 Å². The molecule has 0 aliphatic carbocycles. The molecule has 5 nitrogen and oxygen atoms in total. The summed E-state index contributed by atoms with van der Waals surface area (Å²) in [5.74, 6) is 1.48. The summed E-state index contributed by atoms with van der Waals surface area (Å²) in [6, 6.07) is 6.70. The third kappa shape index (κ3) is 5.67. The first-order valence-corrected chi connectivity index (χ1v) is 9.53. The predicted molar refractivity (Wildman–Crippen MR) is 104 cm³/mol. The minimum Gasteiger partial charge on any atom is -0.496 e. The molecule has 0 aromatic heterocycles. The summed E-state index contributed by atoms with van der Waals surface area (Å²) in [5.41, 5.74) is 7.19. The van der Waals surface area contributed by atoms with Crippen molar-refractivity contribution in [1.29, 1.82) is 0 Å². The number of rotatable bonds is 8. The van der Waals surface area contributed by atoms with Gasteiger partial charge in [0.15, 0.2) is 5.96 Å². The zero-order valence-electron chi connectivity index (χ0n) is 14.7. The van der Waals surface area contributed by atoms with E-state index in [4.69, 9.17) is 10.5 Å². The second-order valence-electron chi connectivity index (χ2n) is 6.14. The number of halogens is 1. The lowest BCUT2D eigenvalue weighted by atomic mass is 10.1. The second-order valence-corrected chi connectivity index (χ2v) is 7.05. The number of nitrogens with two attached hydrogens (primary N) is 1. The van der Waals surface area contributed by atoms with E-state index < -0.39 is 0 Å². The van der Waals surface area contributed by atoms with Gasteiger partial charge in [0.1, 0.15) is 5.75 Å². The summed E-state index contributed by atoms with van der Waals surface area (Å²) in [5, 5.41) is 3.22. The maximum absolute atomic E-state index is 5.98. The molecule has 0 radical (unpaired) electrons. The van der Waals surface area contributed by atoms with Crippen molar-refractivity contribution in [3.05, 3.63) is 28.2 Å². The number of ether oxygens (including phenoxy) is 1. The number of nitrogens with zero attached hydrogens (tertiary/aromatic N) is 2. The van der Waals surface area contributed by atoms with Crippen molar-refractivity contribution < 1.29 is 4.74 Å². The van der Waals surface area contributed by atoms with Crippen molar-refractivity contribution in [2.24, 2.45) is 10.7 Å². The normalized spacial score (nSPS) is 18.8. The maximum Gasteiger partial charge on any atom is 0.188 e. The third-order valence-corrected chi connectivity index (χ3v) is 5.05. The molecule has 0 saturated carbocycles. The van der Waals surface area contributed by atoms with Crippen LogP contribution in [0.4, 0.5) is 0 Å². The van der Waals surface area contributed by atoms with E-state index in [0.717, 1.165) is 42.7 Å². The minimum atomic E-state index is 0.556. The van der Waals surface area contributed by atoms with Gasteiger partial charge in [-0.15, -0.1) is 0 Å². The molecular weight excluding hydrogens is 368 g/mol. The zero-order valence-corrected chi connectivity index (χ0v) is 16.3. The van der Waals surface area contributed by atoms with Gasteiger partial charge in [-0.2, -0.15) is 0 Å². The van der Waals surface area contributed by atoms with E-state index in [-0.39, 0.29) is 0 Å². The van der Waals surface area contributed by atoms with E-state index in [1.807, 2.05) is 12.1 Å². The number of aliphatic imine (C=N–C) groups is 1. The minimum absolute atomic E-state index is 0.556. The van der Waals surface area contributed by atoms with Crippen molar-refractivity contribution in [2.75, 3.05) is 33.3 Å². The molecule has 3 N–H and O–H groups in total. The number of methoxy groups -OCH3 is 1. The lowest BCUT2D eigenvalue weighted by molar-refractivity contribution is 0.273. The van der Waals surface area contributed by atoms with Gasteiger partial charge in [-0.3, -0.25) is 9.89 Å². The molecule has 1 aliphatic rings. The predicted octanol–water partition coefficient (Wildman–Crippen LogP) is 2.78. The molecule has 134 valence electrons. The number of benzene rings is 1. The Morgan fingerprint density at radius 2 is 2.33 bits per heavy atom. The van der Waals surface area contributed by atoms with Crippen LogP contribution in [0.25, 0.3) is 0 Å². The van der Waals surface area contributed by atoms with Crippen molar-refractivity contribution in [3.63, 3.8) is 0 Å². The molecule has 1 aromatic carbocycles. The summed E-state index contributed by atoms with van der Waals surface area (Å²) in [7, 11) is 1.71. The second kappa shape index (κ2) is 9.89. The average molecular weight is 397 g/mol. The van der Waals surface area contributed by atoms with Crippen LogP contribution in [0, 0.1) is 0 Å². The smallest absolute Gasteiger partial charge is 0.188 e. The van der Waals surface area contributed by atoms with Crippen molar-refractivity contribution >= 4 is 21.9 Å². The van der Waals surface area contributed by atoms with E-state index in [0.29, 0.717) is 12.0 Å². The molecule has 1 fully saturated rings. The number of guanidine groups is 1. The van der Waals surface area contributed by atoms with Crippen LogP contribution in [-0.4, -0.2) is 50.2 Å². The zero-order chi connectivity index (χ0) is 17.4. The fourth-order valence-electron chi connectivity index (χ4n) is 3.20. The van der Waals surface area contributed by atoms with Crippen molar-refractivity contribution in [3.8, 4) is 5.75 Å². The topological polar surface area (TPSA) is 62.9 Å². The molecule has 1 heterocycles. The molecule has 1 atom stereocenters. The van der Waals surface area contributed by atoms with E-state index in [2.05, 4.69) is 44.1 Å². The Hall–Kier alpha value is -1.27. The van der Waals surface area contributed by atoms with Crippen LogP contribution in [0.15, 0.2) is 27.7 Å². The number of likely N-dealkylation sites (N-methyl/N-ethyl adjacent to an activating group) is 1. The molecule has 24 heavy (non-hydrogen) atoms. The summed E-state index contributed by atoms with van der Waals surface area (Å²) in [6.45, 7) is 6.12. The molecule has 6 heteroatoms. The molecule has 0 amide bonds. The average Bonchev–Trinajstić information content (AvgIpc) is 3.05. The molecule has 0 spiro atoms. The van der Waals surface area contributed by atoms with Crippen LogP contribution in [0.5, 0.6) is 5.75 Å². The summed E-state index contributed by atoms with van der Waals surface area (Å²) < 4.78 is 6.45. The van der Waals surface area contributed by atoms with Gasteiger partial charge in [-0.1, -0.05) is 28.9 Å². The highest BCUT2D eigenvalue weighted by Crippen LogP contribution is 2.24. The van der Waals surface area contributed by atoms with E-state index in [1.54, 1.807) is 7.11 Å². The Bertz CT molecular complexity index is 550. The van der Waals surface area contributed by atoms with Gasteiger partial charge in [-0.25, -0.2) is 0 Å². The highest BCUT2D eigenvalue weighted by Gasteiger charge is 2.22. The fraction of sp³-hybridized carbons (Fsp3) is 0.611. The number of nitrogens with one attached hydrogen (secondary N) is 1. The molecule has 1 aromatic rings. The standard InChI is InChI=1S/C18H29BrN4O/c1-3-23-11-5-7-16(23)13-22-18(20)21-10-4-6-14-8-9-15(19)12-17(14)24-2/h8-9,12,16H,3-7,10-11,13H2,1-2H3,(H3,20,21,22). The monoisotopic (exact) mass is 396 g/mol. The summed E-state index contributed by atoms with van der Waals surface area (Å²) in [6.07, 6.45) is 4.44. The first-order chi connectivity index (χ1) is 11.6. The summed E-state index contributed by atoms with van der Waals surface area (Å²) in [4.78, 5) is 6.99. The largest absolute Gasteiger partial charge is 0.496 e. The van der Waals surface area contributed by atoms with Gasteiger partial charge in [0.2, 0.25) is 0 Å². The van der Waals surface area contributed by atoms with Crippen LogP contribution in [0.3, 0.4) is 0 Å². The number of likely N-dealkylation sites (tertiary alicyclic amines) is 1. The van der Waals surface area contributed by atoms with Gasteiger partial charge in [0, 0.05) is 17.1 Å². The molecular formula is C18H29BrN4O. The Morgan fingerprint density at radius 1 is 1.50 bits per heavy atom. The molecule has 1 aliphatic heterocycles. The van der Waals surface area contributed by atoms with Crippen molar-refractivity contribution in [2.45, 2.75) is 38.6 Å². The first kappa shape index (κ1) is 19.1. The highest BCUT2D eigenvalue weighted by atomic mass is 79.9. The van der Waals surface area contributed by atoms with E-state index in [1.165, 1.54) is 24.9 Å². The van der Waals surface area contributed by atoms with Crippen LogP contribution >= 0.6 is 15.9 Å². The Balaban J connectivity index is 1.71. The maximum atomic E-state index is 5.98. The van der Waals surface area contributed by atoms with Gasteiger partial charge in [0.25, 0.3) is 0 Å². The highest BCUT2D eigenvalue weighted by molar-refractivity contribution is 9.10. The van der Waals surface area contributed by atoms with Crippen LogP contribution in [0.2, 0.25) is 0 Å². The Kier molecular flexibility index (Phi) is 7.85. The van der Waals surface area contributed by atoms with E-state index >= 15 is 0 Å². The number of hydrogen-bond donors (Lipinski definition) is 2. The fourth-order valence-corrected chi connectivity index (χ4v) is 3.54. The molecule has 2 rings (SSSR count). The van der Waals surface area contributed by atoms with Crippen LogP contribution in [0.1, 0.15) is 31.7 Å². The van der Waals surface area contributed by atoms with E-state index in [9.17, 15) is 0 Å². The van der Waals surface area contributed by atoms with Crippen LogP contribution < -0.4 is 15.8 Å². The number of aryl methyl sites for hydroxylation is 1. The molecule has 1 saturated heterocycles. The molecule has 0 bridgehead atoms. The van der Waals surface area contributed by atoms with Gasteiger partial charge < -0.3 is 15.8 Å². The lowest BCUT2D eigenvalue weighted by Gasteiger charge is -2.20. The Morgan fingerprint density at radius 3 is 3.08 bits per heavy atom. The van der Waals surface area contributed by atoms with Gasteiger partial charge >= 0.3 is 0 Å². The number of hydrogen-bond acceptors (Lipinski definition) is 3. The molecule has 1 unspecified atom stereocenters. The van der Waals surface area contributed by atoms with Crippen molar-refractivity contribution in [1.82, 2.24) is 10.2 Å². The lowest BCUT2D eigenvalue weighted by Crippen LogP contribution is -2.36. The quantitative estimate of drug-likeness (QED) is 0.402. The summed E-state index contributed by atoms with van der Waals surface area (Å²) >= 11 is 3.46. The SMILES string of the molecule is CCN1CCCC1CN=C(N)NCCCc1ccc(Br)cc1OC. The van der Waals surface area contributed by atoms with Crippen LogP contribution in [-0.2, 0) is 6.42 Å². The third-order valence-electron chi connectivity index (χ3n) is 4.56. The van der Waals surface area contributed by atoms with Gasteiger partial charge in [0.05, 0.1) is 13.7 Å². The first-order valence-electron chi connectivity index (χ1n) is 8.74. The van der Waals surface area contributed by atoms with Gasteiger partial charge in [-0.05, 0) is 56.5 Å².